The molecule has 82 valence electrons. The van der Waals surface area contributed by atoms with Crippen LogP contribution in [0, 0.1) is 5.92 Å². The Bertz CT molecular complexity index is 204. The van der Waals surface area contributed by atoms with Crippen LogP contribution in [-0.4, -0.2) is 36.5 Å². The maximum absolute atomic E-state index is 11.0. The van der Waals surface area contributed by atoms with Crippen LogP contribution in [0.1, 0.15) is 13.8 Å². The van der Waals surface area contributed by atoms with Crippen molar-refractivity contribution in [1.29, 1.82) is 0 Å². The Kier molecular flexibility index (Phi) is 5.62. The van der Waals surface area contributed by atoms with Crippen molar-refractivity contribution >= 4 is 12.1 Å². The Morgan fingerprint density at radius 1 is 1.43 bits per heavy atom. The highest BCUT2D eigenvalue weighted by Gasteiger charge is 2.15. The molecule has 6 nitrogen and oxygen atoms in total. The number of rotatable bonds is 5. The smallest absolute Gasteiger partial charge is 0.404 e. The molecule has 0 aromatic heterocycles. The van der Waals surface area contributed by atoms with Gasteiger partial charge in [-0.05, 0) is 0 Å². The maximum Gasteiger partial charge on any atom is 0.404 e. The van der Waals surface area contributed by atoms with Crippen LogP contribution in [0.15, 0.2) is 0 Å². The fourth-order valence-electron chi connectivity index (χ4n) is 0.630. The van der Waals surface area contributed by atoms with Crippen LogP contribution in [0.2, 0.25) is 0 Å². The lowest BCUT2D eigenvalue weighted by molar-refractivity contribution is -0.151. The van der Waals surface area contributed by atoms with E-state index in [-0.39, 0.29) is 12.5 Å². The van der Waals surface area contributed by atoms with Crippen molar-refractivity contribution in [2.24, 2.45) is 11.7 Å². The fourth-order valence-corrected chi connectivity index (χ4v) is 0.630. The molecule has 0 aromatic carbocycles. The van der Waals surface area contributed by atoms with E-state index < -0.39 is 24.8 Å². The molecular formula is C8H15NO5. The van der Waals surface area contributed by atoms with E-state index in [4.69, 9.17) is 15.6 Å². The second kappa shape index (κ2) is 6.20. The summed E-state index contributed by atoms with van der Waals surface area (Å²) in [7, 11) is 0. The number of esters is 1. The van der Waals surface area contributed by atoms with E-state index in [2.05, 4.69) is 4.74 Å². The van der Waals surface area contributed by atoms with Gasteiger partial charge >= 0.3 is 12.1 Å². The van der Waals surface area contributed by atoms with E-state index in [1.807, 2.05) is 0 Å². The molecule has 0 aliphatic heterocycles. The summed E-state index contributed by atoms with van der Waals surface area (Å²) in [5.41, 5.74) is 4.72. The summed E-state index contributed by atoms with van der Waals surface area (Å²) in [6.07, 6.45) is -1.90. The molecule has 14 heavy (non-hydrogen) atoms. The summed E-state index contributed by atoms with van der Waals surface area (Å²) in [5, 5.41) is 8.70. The first-order valence-electron chi connectivity index (χ1n) is 4.21. The summed E-state index contributed by atoms with van der Waals surface area (Å²) in [4.78, 5) is 21.3. The molecule has 1 atom stereocenters. The molecule has 0 rings (SSSR count). The quantitative estimate of drug-likeness (QED) is 0.597. The summed E-state index contributed by atoms with van der Waals surface area (Å²) in [6.45, 7) is 2.72. The van der Waals surface area contributed by atoms with Crippen molar-refractivity contribution in [3.05, 3.63) is 0 Å². The predicted octanol–water partition coefficient (Wildman–Crippen LogP) is -0.358. The van der Waals surface area contributed by atoms with Crippen LogP contribution < -0.4 is 5.73 Å². The van der Waals surface area contributed by atoms with Crippen LogP contribution in [0.5, 0.6) is 0 Å². The highest BCUT2D eigenvalue weighted by atomic mass is 16.6. The standard InChI is InChI=1S/C8H15NO5/c1-5(2)7(11)13-4-6(3-10)14-8(9)12/h5-6,10H,3-4H2,1-2H3,(H2,9,12). The normalized spacial score (nSPS) is 12.3. The molecule has 1 unspecified atom stereocenters. The van der Waals surface area contributed by atoms with Crippen molar-refractivity contribution in [1.82, 2.24) is 0 Å². The third kappa shape index (κ3) is 5.36. The van der Waals surface area contributed by atoms with Crippen LogP contribution >= 0.6 is 0 Å². The van der Waals surface area contributed by atoms with Gasteiger partial charge in [0, 0.05) is 0 Å². The van der Waals surface area contributed by atoms with Gasteiger partial charge in [0.05, 0.1) is 12.5 Å². The van der Waals surface area contributed by atoms with Crippen molar-refractivity contribution in [3.8, 4) is 0 Å². The molecule has 0 aliphatic carbocycles. The van der Waals surface area contributed by atoms with Gasteiger partial charge in [-0.2, -0.15) is 0 Å². The molecule has 6 heteroatoms. The minimum absolute atomic E-state index is 0.184. The van der Waals surface area contributed by atoms with Crippen molar-refractivity contribution < 1.29 is 24.2 Å². The van der Waals surface area contributed by atoms with Crippen molar-refractivity contribution in [3.63, 3.8) is 0 Å². The number of aliphatic hydroxyl groups excluding tert-OH is 1. The van der Waals surface area contributed by atoms with E-state index in [1.165, 1.54) is 0 Å². The van der Waals surface area contributed by atoms with E-state index >= 15 is 0 Å². The fraction of sp³-hybridized carbons (Fsp3) is 0.750. The van der Waals surface area contributed by atoms with Gasteiger partial charge in [-0.15, -0.1) is 0 Å². The molecule has 0 fully saturated rings. The molecule has 3 N–H and O–H groups in total. The zero-order chi connectivity index (χ0) is 11.1. The second-order valence-corrected chi connectivity index (χ2v) is 3.03. The summed E-state index contributed by atoms with van der Waals surface area (Å²) in [5.74, 6) is -0.681. The van der Waals surface area contributed by atoms with Crippen LogP contribution in [0.25, 0.3) is 0 Å². The number of carbonyl (C=O) groups is 2. The number of amides is 1. The first-order chi connectivity index (χ1) is 6.47. The monoisotopic (exact) mass is 205 g/mol. The maximum atomic E-state index is 11.0. The lowest BCUT2D eigenvalue weighted by Crippen LogP contribution is -2.31. The van der Waals surface area contributed by atoms with Crippen LogP contribution in [0.3, 0.4) is 0 Å². The Hall–Kier alpha value is -1.30. The van der Waals surface area contributed by atoms with Gasteiger partial charge in [0.15, 0.2) is 6.10 Å². The van der Waals surface area contributed by atoms with Gasteiger partial charge in [0.2, 0.25) is 0 Å². The van der Waals surface area contributed by atoms with E-state index in [0.29, 0.717) is 0 Å². The average molecular weight is 205 g/mol. The largest absolute Gasteiger partial charge is 0.461 e. The molecule has 1 amide bonds. The Morgan fingerprint density at radius 2 is 2.00 bits per heavy atom. The third-order valence-electron chi connectivity index (χ3n) is 1.37. The topological polar surface area (TPSA) is 98.8 Å². The molecular weight excluding hydrogens is 190 g/mol. The van der Waals surface area contributed by atoms with Crippen molar-refractivity contribution in [2.45, 2.75) is 20.0 Å². The zero-order valence-corrected chi connectivity index (χ0v) is 8.23. The van der Waals surface area contributed by atoms with Gasteiger partial charge in [-0.25, -0.2) is 4.79 Å². The van der Waals surface area contributed by atoms with Gasteiger partial charge in [0.25, 0.3) is 0 Å². The number of nitrogens with two attached hydrogens (primary N) is 1. The van der Waals surface area contributed by atoms with Crippen LogP contribution in [-0.2, 0) is 14.3 Å². The lowest BCUT2D eigenvalue weighted by Gasteiger charge is -2.14. The minimum atomic E-state index is -1.01. The number of aliphatic hydroxyl groups is 1. The summed E-state index contributed by atoms with van der Waals surface area (Å²) in [6, 6.07) is 0. The molecule has 0 spiro atoms. The van der Waals surface area contributed by atoms with E-state index in [9.17, 15) is 9.59 Å². The Morgan fingerprint density at radius 3 is 2.36 bits per heavy atom. The molecule has 0 saturated carbocycles. The highest BCUT2D eigenvalue weighted by molar-refractivity contribution is 5.71. The number of carbonyl (C=O) groups excluding carboxylic acids is 2. The van der Waals surface area contributed by atoms with Crippen molar-refractivity contribution in [2.75, 3.05) is 13.2 Å². The molecule has 0 aliphatic rings. The molecule has 0 saturated heterocycles. The Labute approximate surface area is 82.0 Å². The predicted molar refractivity (Wildman–Crippen MR) is 47.3 cm³/mol. The van der Waals surface area contributed by atoms with E-state index in [1.54, 1.807) is 13.8 Å². The van der Waals surface area contributed by atoms with E-state index in [0.717, 1.165) is 0 Å². The second-order valence-electron chi connectivity index (χ2n) is 3.03. The van der Waals surface area contributed by atoms with Gasteiger partial charge in [-0.1, -0.05) is 13.8 Å². The SMILES string of the molecule is CC(C)C(=O)OCC(CO)OC(N)=O. The average Bonchev–Trinajstić information content (AvgIpc) is 2.10. The lowest BCUT2D eigenvalue weighted by atomic mass is 10.2. The summed E-state index contributed by atoms with van der Waals surface area (Å²) < 4.78 is 9.17. The molecule has 0 aromatic rings. The molecule has 0 heterocycles. The first-order valence-corrected chi connectivity index (χ1v) is 4.21. The Balaban J connectivity index is 3.83. The van der Waals surface area contributed by atoms with Gasteiger partial charge in [0.1, 0.15) is 6.61 Å². The zero-order valence-electron chi connectivity index (χ0n) is 8.23. The minimum Gasteiger partial charge on any atom is -0.461 e. The van der Waals surface area contributed by atoms with Gasteiger partial charge in [-0.3, -0.25) is 4.79 Å². The number of primary amides is 1. The first kappa shape index (κ1) is 12.7. The number of ether oxygens (including phenoxy) is 2. The molecule has 0 radical (unpaired) electrons. The number of hydrogen-bond acceptors (Lipinski definition) is 5. The van der Waals surface area contributed by atoms with Crippen LogP contribution in [0.4, 0.5) is 4.79 Å². The summed E-state index contributed by atoms with van der Waals surface area (Å²) >= 11 is 0. The highest BCUT2D eigenvalue weighted by Crippen LogP contribution is 1.99. The molecule has 0 bridgehead atoms. The third-order valence-corrected chi connectivity index (χ3v) is 1.37. The van der Waals surface area contributed by atoms with Gasteiger partial charge < -0.3 is 20.3 Å². The number of hydrogen-bond donors (Lipinski definition) is 2.